The van der Waals surface area contributed by atoms with Gasteiger partial charge in [-0.1, -0.05) is 0 Å². The average molecular weight is 82.1 g/mol. The lowest BCUT2D eigenvalue weighted by Gasteiger charge is -1.86. The zero-order chi connectivity index (χ0) is 3.98. The number of fused-ring (bicyclic) bond motifs is 1. The lowest BCUT2D eigenvalue weighted by atomic mass is 10.4. The maximum absolute atomic E-state index is 3.28. The van der Waals surface area contributed by atoms with Gasteiger partial charge in [0.05, 0.1) is 0 Å². The van der Waals surface area contributed by atoms with Gasteiger partial charge in [-0.05, 0) is 24.8 Å². The highest BCUT2D eigenvalue weighted by molar-refractivity contribution is 5.20. The van der Waals surface area contributed by atoms with Gasteiger partial charge in [-0.3, -0.25) is 0 Å². The second kappa shape index (κ2) is 0.784. The second-order valence-corrected chi connectivity index (χ2v) is 2.19. The van der Waals surface area contributed by atoms with Crippen molar-refractivity contribution in [2.75, 3.05) is 13.1 Å². The van der Waals surface area contributed by atoms with Crippen molar-refractivity contribution in [1.82, 2.24) is 5.32 Å². The fourth-order valence-corrected chi connectivity index (χ4v) is 1.10. The largest absolute Gasteiger partial charge is 0.316 e. The van der Waals surface area contributed by atoms with Gasteiger partial charge in [-0.25, -0.2) is 0 Å². The van der Waals surface area contributed by atoms with E-state index in [2.05, 4.69) is 5.32 Å². The number of nitrogens with one attached hydrogen (secondary N) is 1. The Hall–Kier alpha value is -0.0400. The Morgan fingerprint density at radius 2 is 2.67 bits per heavy atom. The van der Waals surface area contributed by atoms with Gasteiger partial charge in [0.1, 0.15) is 0 Å². The van der Waals surface area contributed by atoms with E-state index in [0.717, 1.165) is 5.92 Å². The van der Waals surface area contributed by atoms with Crippen molar-refractivity contribution < 1.29 is 0 Å². The molecule has 0 spiro atoms. The molecule has 1 atom stereocenters. The molecule has 1 aliphatic carbocycles. The fourth-order valence-electron chi connectivity index (χ4n) is 1.10. The molecule has 0 aromatic carbocycles. The third-order valence-electron chi connectivity index (χ3n) is 1.67. The van der Waals surface area contributed by atoms with E-state index in [1.165, 1.54) is 19.5 Å². The first-order chi connectivity index (χ1) is 2.97. The maximum Gasteiger partial charge on any atom is 0.00171 e. The van der Waals surface area contributed by atoms with Crippen LogP contribution in [0.1, 0.15) is 6.42 Å². The van der Waals surface area contributed by atoms with Gasteiger partial charge in [-0.2, -0.15) is 0 Å². The molecule has 2 aliphatic rings. The van der Waals surface area contributed by atoms with Crippen LogP contribution in [0, 0.1) is 11.8 Å². The molecular formula is C5H8N. The first-order valence-corrected chi connectivity index (χ1v) is 2.52. The van der Waals surface area contributed by atoms with Crippen LogP contribution < -0.4 is 5.32 Å². The van der Waals surface area contributed by atoms with Crippen LogP contribution in [0.4, 0.5) is 0 Å². The molecule has 1 radical (unpaired) electrons. The highest BCUT2D eigenvalue weighted by Gasteiger charge is 2.41. The van der Waals surface area contributed by atoms with E-state index in [1.54, 1.807) is 5.92 Å². The molecule has 1 nitrogen and oxygen atoms in total. The summed E-state index contributed by atoms with van der Waals surface area (Å²) in [6, 6.07) is 0. The van der Waals surface area contributed by atoms with Gasteiger partial charge in [0.25, 0.3) is 0 Å². The molecule has 33 valence electrons. The van der Waals surface area contributed by atoms with Crippen LogP contribution in [0.5, 0.6) is 0 Å². The summed E-state index contributed by atoms with van der Waals surface area (Å²) in [7, 11) is 0. The van der Waals surface area contributed by atoms with E-state index in [0.29, 0.717) is 0 Å². The van der Waals surface area contributed by atoms with Crippen LogP contribution in [0.2, 0.25) is 0 Å². The Morgan fingerprint density at radius 3 is 2.83 bits per heavy atom. The van der Waals surface area contributed by atoms with E-state index >= 15 is 0 Å². The van der Waals surface area contributed by atoms with Gasteiger partial charge in [-0.15, -0.1) is 0 Å². The zero-order valence-electron chi connectivity index (χ0n) is 3.70. The standard InChI is InChI=1S/C5H8N/c1-4-2-6-3-5(1)4/h4,6H,1-3H2/t4-/m1/s1. The Bertz CT molecular complexity index is 62.3. The van der Waals surface area contributed by atoms with Crippen molar-refractivity contribution in [1.29, 1.82) is 0 Å². The molecule has 1 aliphatic heterocycles. The van der Waals surface area contributed by atoms with Crippen molar-refractivity contribution >= 4 is 0 Å². The van der Waals surface area contributed by atoms with Crippen LogP contribution in [0.3, 0.4) is 0 Å². The third-order valence-corrected chi connectivity index (χ3v) is 1.67. The van der Waals surface area contributed by atoms with Crippen LogP contribution in [-0.4, -0.2) is 13.1 Å². The van der Waals surface area contributed by atoms with Crippen molar-refractivity contribution in [2.45, 2.75) is 6.42 Å². The van der Waals surface area contributed by atoms with E-state index in [4.69, 9.17) is 0 Å². The molecule has 2 fully saturated rings. The van der Waals surface area contributed by atoms with Gasteiger partial charge in [0.2, 0.25) is 0 Å². The van der Waals surface area contributed by atoms with Crippen molar-refractivity contribution in [2.24, 2.45) is 5.92 Å². The van der Waals surface area contributed by atoms with Gasteiger partial charge < -0.3 is 5.32 Å². The Balaban J connectivity index is 2.09. The minimum atomic E-state index is 1.02. The monoisotopic (exact) mass is 82.1 g/mol. The van der Waals surface area contributed by atoms with Crippen molar-refractivity contribution in [3.05, 3.63) is 5.92 Å². The van der Waals surface area contributed by atoms with E-state index in [1.807, 2.05) is 0 Å². The number of piperidine rings is 1. The Morgan fingerprint density at radius 1 is 1.67 bits per heavy atom. The summed E-state index contributed by atoms with van der Waals surface area (Å²) in [6.07, 6.45) is 1.44. The summed E-state index contributed by atoms with van der Waals surface area (Å²) in [4.78, 5) is 0. The minimum Gasteiger partial charge on any atom is -0.316 e. The molecule has 0 bridgehead atoms. The highest BCUT2D eigenvalue weighted by atomic mass is 14.9. The van der Waals surface area contributed by atoms with E-state index < -0.39 is 0 Å². The summed E-state index contributed by atoms with van der Waals surface area (Å²) >= 11 is 0. The molecule has 6 heavy (non-hydrogen) atoms. The summed E-state index contributed by atoms with van der Waals surface area (Å²) in [5.41, 5.74) is 0. The molecule has 1 saturated heterocycles. The summed E-state index contributed by atoms with van der Waals surface area (Å²) in [5, 5.41) is 3.28. The molecule has 1 heterocycles. The summed E-state index contributed by atoms with van der Waals surface area (Å²) < 4.78 is 0. The summed E-state index contributed by atoms with van der Waals surface area (Å²) in [6.45, 7) is 2.50. The lowest BCUT2D eigenvalue weighted by molar-refractivity contribution is 0.750. The number of rotatable bonds is 0. The molecular weight excluding hydrogens is 74.1 g/mol. The third kappa shape index (κ3) is 0.243. The topological polar surface area (TPSA) is 12.0 Å². The molecule has 1 N–H and O–H groups in total. The fraction of sp³-hybridized carbons (Fsp3) is 0.800. The van der Waals surface area contributed by atoms with Crippen molar-refractivity contribution in [3.63, 3.8) is 0 Å². The van der Waals surface area contributed by atoms with E-state index in [9.17, 15) is 0 Å². The number of hydrogen-bond donors (Lipinski definition) is 1. The molecule has 1 saturated carbocycles. The normalized spacial score (nSPS) is 43.0. The van der Waals surface area contributed by atoms with Crippen LogP contribution in [0.25, 0.3) is 0 Å². The minimum absolute atomic E-state index is 1.02. The summed E-state index contributed by atoms with van der Waals surface area (Å²) in [5.74, 6) is 2.78. The average Bonchev–Trinajstić information content (AvgIpc) is 2.17. The van der Waals surface area contributed by atoms with E-state index in [-0.39, 0.29) is 0 Å². The quantitative estimate of drug-likeness (QED) is 0.439. The predicted octanol–water partition coefficient (Wildman–Crippen LogP) is 0.184. The number of hydrogen-bond acceptors (Lipinski definition) is 1. The van der Waals surface area contributed by atoms with Crippen molar-refractivity contribution in [3.8, 4) is 0 Å². The molecule has 1 heteroatoms. The molecule has 2 rings (SSSR count). The first kappa shape index (κ1) is 3.03. The van der Waals surface area contributed by atoms with Crippen LogP contribution in [0.15, 0.2) is 0 Å². The Labute approximate surface area is 37.7 Å². The second-order valence-electron chi connectivity index (χ2n) is 2.19. The van der Waals surface area contributed by atoms with Gasteiger partial charge >= 0.3 is 0 Å². The molecule has 0 unspecified atom stereocenters. The first-order valence-electron chi connectivity index (χ1n) is 2.52. The predicted molar refractivity (Wildman–Crippen MR) is 24.2 cm³/mol. The van der Waals surface area contributed by atoms with Crippen LogP contribution in [-0.2, 0) is 0 Å². The van der Waals surface area contributed by atoms with Crippen LogP contribution >= 0.6 is 0 Å². The highest BCUT2D eigenvalue weighted by Crippen LogP contribution is 2.42. The lowest BCUT2D eigenvalue weighted by Crippen LogP contribution is -2.09. The zero-order valence-corrected chi connectivity index (χ0v) is 3.70. The van der Waals surface area contributed by atoms with Gasteiger partial charge in [0.15, 0.2) is 0 Å². The maximum atomic E-state index is 3.28. The molecule has 0 aromatic heterocycles. The smallest absolute Gasteiger partial charge is 0.00171 e. The van der Waals surface area contributed by atoms with Gasteiger partial charge in [0, 0.05) is 6.54 Å². The SMILES string of the molecule is C1NC[C@H]2C[C]12. The molecule has 0 amide bonds. The Kier molecular flexibility index (Phi) is 0.396. The molecule has 0 aromatic rings.